The first-order valence-corrected chi connectivity index (χ1v) is 4.24. The van der Waals surface area contributed by atoms with Crippen molar-refractivity contribution in [2.45, 2.75) is 0 Å². The number of ether oxygens (including phenoxy) is 1. The molecule has 0 unspecified atom stereocenters. The highest BCUT2D eigenvalue weighted by molar-refractivity contribution is 6.04. The van der Waals surface area contributed by atoms with Crippen molar-refractivity contribution in [3.05, 3.63) is 42.2 Å². The summed E-state index contributed by atoms with van der Waals surface area (Å²) in [5.74, 6) is -0.318. The van der Waals surface area contributed by atoms with Gasteiger partial charge < -0.3 is 4.74 Å². The van der Waals surface area contributed by atoms with Crippen LogP contribution in [-0.2, 0) is 4.74 Å². The first kappa shape index (κ1) is 8.69. The maximum atomic E-state index is 11.4. The molecule has 1 aromatic heterocycles. The summed E-state index contributed by atoms with van der Waals surface area (Å²) in [6.07, 6.45) is 3.39. The van der Waals surface area contributed by atoms with E-state index in [9.17, 15) is 4.79 Å². The normalized spacial score (nSPS) is 10.1. The number of esters is 1. The summed E-state index contributed by atoms with van der Waals surface area (Å²) in [5, 5.41) is 1.81. The van der Waals surface area contributed by atoms with Crippen molar-refractivity contribution in [3.8, 4) is 0 Å². The lowest BCUT2D eigenvalue weighted by Crippen LogP contribution is -2.01. The maximum absolute atomic E-state index is 11.4. The fourth-order valence-electron chi connectivity index (χ4n) is 1.41. The van der Waals surface area contributed by atoms with Gasteiger partial charge in [0.05, 0.1) is 12.7 Å². The number of carbonyl (C=O) groups is 1. The zero-order valence-electron chi connectivity index (χ0n) is 7.73. The number of benzene rings is 1. The Morgan fingerprint density at radius 2 is 2.21 bits per heavy atom. The molecular formula is C11H9NO2. The molecule has 0 saturated heterocycles. The first-order chi connectivity index (χ1) is 6.83. The Balaban J connectivity index is 2.71. The third-order valence-electron chi connectivity index (χ3n) is 2.09. The number of aromatic nitrogens is 1. The SMILES string of the molecule is COC(=O)c1cccc2cnccc12. The number of rotatable bonds is 1. The van der Waals surface area contributed by atoms with Gasteiger partial charge in [0, 0.05) is 17.8 Å². The lowest BCUT2D eigenvalue weighted by Gasteiger charge is -2.03. The van der Waals surface area contributed by atoms with Gasteiger partial charge in [0.25, 0.3) is 0 Å². The zero-order chi connectivity index (χ0) is 9.97. The van der Waals surface area contributed by atoms with E-state index in [1.165, 1.54) is 7.11 Å². The molecule has 0 atom stereocenters. The first-order valence-electron chi connectivity index (χ1n) is 4.24. The molecule has 2 rings (SSSR count). The molecule has 0 aliphatic carbocycles. The second-order valence-electron chi connectivity index (χ2n) is 2.89. The summed E-state index contributed by atoms with van der Waals surface area (Å²) < 4.78 is 4.69. The van der Waals surface area contributed by atoms with Crippen LogP contribution in [0.1, 0.15) is 10.4 Å². The molecule has 0 amide bonds. The van der Waals surface area contributed by atoms with Crippen LogP contribution in [0.2, 0.25) is 0 Å². The summed E-state index contributed by atoms with van der Waals surface area (Å²) in [5.41, 5.74) is 0.576. The van der Waals surface area contributed by atoms with E-state index in [1.807, 2.05) is 18.2 Å². The monoisotopic (exact) mass is 187 g/mol. The van der Waals surface area contributed by atoms with E-state index in [-0.39, 0.29) is 5.97 Å². The van der Waals surface area contributed by atoms with Crippen molar-refractivity contribution in [1.29, 1.82) is 0 Å². The van der Waals surface area contributed by atoms with Crippen LogP contribution in [0.5, 0.6) is 0 Å². The number of hydrogen-bond donors (Lipinski definition) is 0. The fourth-order valence-corrected chi connectivity index (χ4v) is 1.41. The molecule has 3 nitrogen and oxygen atoms in total. The number of fused-ring (bicyclic) bond motifs is 1. The van der Waals surface area contributed by atoms with Gasteiger partial charge in [0.2, 0.25) is 0 Å². The maximum Gasteiger partial charge on any atom is 0.338 e. The zero-order valence-corrected chi connectivity index (χ0v) is 7.73. The summed E-state index contributed by atoms with van der Waals surface area (Å²) in [6.45, 7) is 0. The van der Waals surface area contributed by atoms with Crippen molar-refractivity contribution in [3.63, 3.8) is 0 Å². The van der Waals surface area contributed by atoms with E-state index >= 15 is 0 Å². The van der Waals surface area contributed by atoms with Gasteiger partial charge in [-0.05, 0) is 17.5 Å². The minimum atomic E-state index is -0.318. The Hall–Kier alpha value is -1.90. The van der Waals surface area contributed by atoms with Gasteiger partial charge in [-0.25, -0.2) is 4.79 Å². The molecule has 0 spiro atoms. The Morgan fingerprint density at radius 3 is 3.00 bits per heavy atom. The molecule has 70 valence electrons. The van der Waals surface area contributed by atoms with Crippen LogP contribution in [0.25, 0.3) is 10.8 Å². The third-order valence-corrected chi connectivity index (χ3v) is 2.09. The summed E-state index contributed by atoms with van der Waals surface area (Å²) in [7, 11) is 1.38. The average molecular weight is 187 g/mol. The van der Waals surface area contributed by atoms with Crippen molar-refractivity contribution < 1.29 is 9.53 Å². The largest absolute Gasteiger partial charge is 0.465 e. The Bertz CT molecular complexity index is 474. The van der Waals surface area contributed by atoms with Gasteiger partial charge in [-0.15, -0.1) is 0 Å². The van der Waals surface area contributed by atoms with Crippen molar-refractivity contribution in [2.24, 2.45) is 0 Å². The van der Waals surface area contributed by atoms with Crippen molar-refractivity contribution in [1.82, 2.24) is 4.98 Å². The standard InChI is InChI=1S/C11H9NO2/c1-14-11(13)10-4-2-3-8-7-12-6-5-9(8)10/h2-7H,1H3. The quantitative estimate of drug-likeness (QED) is 0.641. The van der Waals surface area contributed by atoms with Gasteiger partial charge in [0.15, 0.2) is 0 Å². The average Bonchev–Trinajstić information content (AvgIpc) is 2.27. The van der Waals surface area contributed by atoms with Crippen molar-refractivity contribution >= 4 is 16.7 Å². The smallest absolute Gasteiger partial charge is 0.338 e. The Morgan fingerprint density at radius 1 is 1.36 bits per heavy atom. The fraction of sp³-hybridized carbons (Fsp3) is 0.0909. The lowest BCUT2D eigenvalue weighted by atomic mass is 10.1. The minimum Gasteiger partial charge on any atom is -0.465 e. The number of carbonyl (C=O) groups excluding carboxylic acids is 1. The summed E-state index contributed by atoms with van der Waals surface area (Å²) >= 11 is 0. The van der Waals surface area contributed by atoms with E-state index in [2.05, 4.69) is 9.72 Å². The van der Waals surface area contributed by atoms with E-state index < -0.39 is 0 Å². The molecule has 14 heavy (non-hydrogen) atoms. The second kappa shape index (κ2) is 3.46. The Kier molecular flexibility index (Phi) is 2.14. The summed E-state index contributed by atoms with van der Waals surface area (Å²) in [4.78, 5) is 15.4. The van der Waals surface area contributed by atoms with Crippen LogP contribution in [-0.4, -0.2) is 18.1 Å². The molecule has 2 aromatic rings. The van der Waals surface area contributed by atoms with Crippen LogP contribution in [0.4, 0.5) is 0 Å². The topological polar surface area (TPSA) is 39.2 Å². The predicted molar refractivity (Wildman–Crippen MR) is 53.1 cm³/mol. The van der Waals surface area contributed by atoms with Crippen LogP contribution in [0, 0.1) is 0 Å². The lowest BCUT2D eigenvalue weighted by molar-refractivity contribution is 0.0603. The van der Waals surface area contributed by atoms with Crippen LogP contribution in [0.3, 0.4) is 0 Å². The molecule has 0 bridgehead atoms. The van der Waals surface area contributed by atoms with Crippen LogP contribution < -0.4 is 0 Å². The van der Waals surface area contributed by atoms with Gasteiger partial charge in [-0.1, -0.05) is 12.1 Å². The molecular weight excluding hydrogens is 178 g/mol. The second-order valence-corrected chi connectivity index (χ2v) is 2.89. The van der Waals surface area contributed by atoms with Gasteiger partial charge in [0.1, 0.15) is 0 Å². The number of methoxy groups -OCH3 is 1. The minimum absolute atomic E-state index is 0.318. The summed E-state index contributed by atoms with van der Waals surface area (Å²) in [6, 6.07) is 7.28. The highest BCUT2D eigenvalue weighted by Gasteiger charge is 2.08. The number of hydrogen-bond acceptors (Lipinski definition) is 3. The molecule has 1 heterocycles. The molecule has 0 saturated carbocycles. The van der Waals surface area contributed by atoms with E-state index in [1.54, 1.807) is 18.5 Å². The molecule has 0 N–H and O–H groups in total. The molecule has 0 aliphatic rings. The van der Waals surface area contributed by atoms with Crippen LogP contribution >= 0.6 is 0 Å². The number of pyridine rings is 1. The van der Waals surface area contributed by atoms with E-state index in [0.29, 0.717) is 5.56 Å². The van der Waals surface area contributed by atoms with Crippen molar-refractivity contribution in [2.75, 3.05) is 7.11 Å². The predicted octanol–water partition coefficient (Wildman–Crippen LogP) is 2.02. The third kappa shape index (κ3) is 1.33. The van der Waals surface area contributed by atoms with Gasteiger partial charge in [-0.2, -0.15) is 0 Å². The van der Waals surface area contributed by atoms with Gasteiger partial charge in [-0.3, -0.25) is 4.98 Å². The van der Waals surface area contributed by atoms with Gasteiger partial charge >= 0.3 is 5.97 Å². The highest BCUT2D eigenvalue weighted by Crippen LogP contribution is 2.17. The molecule has 3 heteroatoms. The number of nitrogens with zero attached hydrogens (tertiary/aromatic N) is 1. The van der Waals surface area contributed by atoms with E-state index in [4.69, 9.17) is 0 Å². The molecule has 1 aromatic carbocycles. The Labute approximate surface area is 81.3 Å². The van der Waals surface area contributed by atoms with Crippen LogP contribution in [0.15, 0.2) is 36.7 Å². The van der Waals surface area contributed by atoms with E-state index in [0.717, 1.165) is 10.8 Å². The molecule has 0 aliphatic heterocycles. The highest BCUT2D eigenvalue weighted by atomic mass is 16.5. The molecule has 0 fully saturated rings. The molecule has 0 radical (unpaired) electrons.